The number of nitrogens with one attached hydrogen (secondary N) is 2. The second kappa shape index (κ2) is 6.89. The molecule has 140 valence electrons. The lowest BCUT2D eigenvalue weighted by atomic mass is 9.89. The van der Waals surface area contributed by atoms with Gasteiger partial charge in [-0.3, -0.25) is 9.59 Å². The smallest absolute Gasteiger partial charge is 0.228 e. The van der Waals surface area contributed by atoms with Crippen LogP contribution in [0.3, 0.4) is 0 Å². The van der Waals surface area contributed by atoms with E-state index >= 15 is 0 Å². The first-order chi connectivity index (χ1) is 13.0. The maximum Gasteiger partial charge on any atom is 0.228 e. The van der Waals surface area contributed by atoms with E-state index in [1.807, 2.05) is 30.3 Å². The van der Waals surface area contributed by atoms with Crippen molar-refractivity contribution >= 4 is 29.1 Å². The van der Waals surface area contributed by atoms with Gasteiger partial charge in [0.2, 0.25) is 11.8 Å². The van der Waals surface area contributed by atoms with Gasteiger partial charge in [-0.05, 0) is 54.3 Å². The Bertz CT molecular complexity index is 891. The number of rotatable bonds is 5. The van der Waals surface area contributed by atoms with Crippen LogP contribution in [0, 0.1) is 0 Å². The van der Waals surface area contributed by atoms with E-state index in [2.05, 4.69) is 10.6 Å². The van der Waals surface area contributed by atoms with E-state index in [0.29, 0.717) is 23.0 Å². The summed E-state index contributed by atoms with van der Waals surface area (Å²) in [4.78, 5) is 24.9. The molecule has 1 heterocycles. The Morgan fingerprint density at radius 3 is 2.67 bits per heavy atom. The SMILES string of the molecule is COc1ccc2c(c1)C(C(=O)NCC1(c3ccc(Cl)cc3)CC1)CC(=O)N2. The normalized spacial score (nSPS) is 19.6. The highest BCUT2D eigenvalue weighted by Gasteiger charge is 2.45. The summed E-state index contributed by atoms with van der Waals surface area (Å²) < 4.78 is 5.27. The highest BCUT2D eigenvalue weighted by Crippen LogP contribution is 2.48. The summed E-state index contributed by atoms with van der Waals surface area (Å²) >= 11 is 5.98. The molecular weight excluding hydrogens is 364 g/mol. The number of halogens is 1. The third-order valence-electron chi connectivity index (χ3n) is 5.53. The summed E-state index contributed by atoms with van der Waals surface area (Å²) in [5, 5.41) is 6.61. The van der Waals surface area contributed by atoms with Gasteiger partial charge in [0.05, 0.1) is 13.0 Å². The Balaban J connectivity index is 1.50. The molecule has 0 bridgehead atoms. The minimum Gasteiger partial charge on any atom is -0.497 e. The average molecular weight is 385 g/mol. The number of amides is 2. The van der Waals surface area contributed by atoms with Gasteiger partial charge in [-0.15, -0.1) is 0 Å². The first-order valence-electron chi connectivity index (χ1n) is 9.02. The van der Waals surface area contributed by atoms with Crippen LogP contribution < -0.4 is 15.4 Å². The van der Waals surface area contributed by atoms with Crippen LogP contribution in [0.25, 0.3) is 0 Å². The molecule has 2 aromatic rings. The number of methoxy groups -OCH3 is 1. The van der Waals surface area contributed by atoms with Gasteiger partial charge in [-0.1, -0.05) is 23.7 Å². The number of benzene rings is 2. The highest BCUT2D eigenvalue weighted by molar-refractivity contribution is 6.30. The number of fused-ring (bicyclic) bond motifs is 1. The monoisotopic (exact) mass is 384 g/mol. The topological polar surface area (TPSA) is 67.4 Å². The molecule has 1 unspecified atom stereocenters. The molecule has 1 aliphatic carbocycles. The minimum atomic E-state index is -0.509. The number of hydrogen-bond acceptors (Lipinski definition) is 3. The lowest BCUT2D eigenvalue weighted by molar-refractivity contribution is -0.126. The Hall–Kier alpha value is -2.53. The maximum absolute atomic E-state index is 12.9. The van der Waals surface area contributed by atoms with Crippen LogP contribution in [0.1, 0.15) is 36.3 Å². The van der Waals surface area contributed by atoms with Gasteiger partial charge in [0.25, 0.3) is 0 Å². The molecule has 6 heteroatoms. The highest BCUT2D eigenvalue weighted by atomic mass is 35.5. The van der Waals surface area contributed by atoms with Gasteiger partial charge in [-0.2, -0.15) is 0 Å². The number of carbonyl (C=O) groups is 2. The van der Waals surface area contributed by atoms with Crippen molar-refractivity contribution in [1.82, 2.24) is 5.32 Å². The van der Waals surface area contributed by atoms with E-state index in [9.17, 15) is 9.59 Å². The first-order valence-corrected chi connectivity index (χ1v) is 9.40. The molecule has 4 rings (SSSR count). The van der Waals surface area contributed by atoms with Gasteiger partial charge in [0.15, 0.2) is 0 Å². The Kier molecular flexibility index (Phi) is 4.56. The van der Waals surface area contributed by atoms with Crippen LogP contribution in [-0.2, 0) is 15.0 Å². The predicted octanol–water partition coefficient (Wildman–Crippen LogP) is 3.62. The van der Waals surface area contributed by atoms with Gasteiger partial charge in [-0.25, -0.2) is 0 Å². The van der Waals surface area contributed by atoms with Crippen molar-refractivity contribution in [2.24, 2.45) is 0 Å². The fourth-order valence-corrected chi connectivity index (χ4v) is 3.83. The van der Waals surface area contributed by atoms with Gasteiger partial charge >= 0.3 is 0 Å². The van der Waals surface area contributed by atoms with Crippen molar-refractivity contribution in [2.75, 3.05) is 19.0 Å². The average Bonchev–Trinajstić information content (AvgIpc) is 3.46. The molecule has 0 spiro atoms. The Morgan fingerprint density at radius 1 is 1.26 bits per heavy atom. The molecule has 0 radical (unpaired) electrons. The van der Waals surface area contributed by atoms with Crippen molar-refractivity contribution in [3.8, 4) is 5.75 Å². The fourth-order valence-electron chi connectivity index (χ4n) is 3.70. The molecule has 2 aliphatic rings. The van der Waals surface area contributed by atoms with E-state index in [4.69, 9.17) is 16.3 Å². The summed E-state index contributed by atoms with van der Waals surface area (Å²) in [7, 11) is 1.58. The van der Waals surface area contributed by atoms with Gasteiger partial charge in [0.1, 0.15) is 5.75 Å². The quantitative estimate of drug-likeness (QED) is 0.827. The third-order valence-corrected chi connectivity index (χ3v) is 5.78. The second-order valence-electron chi connectivity index (χ2n) is 7.26. The zero-order valence-corrected chi connectivity index (χ0v) is 15.8. The molecular formula is C21H21ClN2O3. The molecule has 2 N–H and O–H groups in total. The van der Waals surface area contributed by atoms with Crippen molar-refractivity contribution in [1.29, 1.82) is 0 Å². The Labute approximate surface area is 163 Å². The molecule has 1 aliphatic heterocycles. The number of hydrogen-bond donors (Lipinski definition) is 2. The first kappa shape index (κ1) is 17.9. The van der Waals surface area contributed by atoms with Crippen LogP contribution >= 0.6 is 11.6 Å². The largest absolute Gasteiger partial charge is 0.497 e. The molecule has 2 aromatic carbocycles. The molecule has 0 aromatic heterocycles. The zero-order chi connectivity index (χ0) is 19.0. The van der Waals surface area contributed by atoms with E-state index in [1.165, 1.54) is 5.56 Å². The lowest BCUT2D eigenvalue weighted by Gasteiger charge is -2.26. The number of anilines is 1. The fraction of sp³-hybridized carbons (Fsp3) is 0.333. The summed E-state index contributed by atoms with van der Waals surface area (Å²) in [5.41, 5.74) is 2.64. The van der Waals surface area contributed by atoms with Crippen LogP contribution in [0.2, 0.25) is 5.02 Å². The molecule has 1 atom stereocenters. The standard InChI is InChI=1S/C21H21ClN2O3/c1-27-15-6-7-18-16(10-15)17(11-19(25)24-18)20(26)23-12-21(8-9-21)13-2-4-14(22)5-3-13/h2-7,10,17H,8-9,11-12H2,1H3,(H,23,26)(H,24,25). The molecule has 2 amide bonds. The molecule has 1 saturated carbocycles. The van der Waals surface area contributed by atoms with Gasteiger partial charge in [0, 0.05) is 29.1 Å². The summed E-state index contributed by atoms with van der Waals surface area (Å²) in [6.07, 6.45) is 2.20. The third kappa shape index (κ3) is 3.52. The maximum atomic E-state index is 12.9. The molecule has 1 fully saturated rings. The van der Waals surface area contributed by atoms with Crippen LogP contribution in [0.5, 0.6) is 5.75 Å². The summed E-state index contributed by atoms with van der Waals surface area (Å²) in [6.45, 7) is 0.560. The minimum absolute atomic E-state index is 0.0195. The zero-order valence-electron chi connectivity index (χ0n) is 15.0. The van der Waals surface area contributed by atoms with Gasteiger partial charge < -0.3 is 15.4 Å². The molecule has 5 nitrogen and oxygen atoms in total. The van der Waals surface area contributed by atoms with Crippen LogP contribution in [0.15, 0.2) is 42.5 Å². The van der Waals surface area contributed by atoms with E-state index in [0.717, 1.165) is 18.4 Å². The number of carbonyl (C=O) groups excluding carboxylic acids is 2. The summed E-state index contributed by atoms with van der Waals surface area (Å²) in [5.74, 6) is -0.112. The predicted molar refractivity (Wildman–Crippen MR) is 104 cm³/mol. The van der Waals surface area contributed by atoms with E-state index in [1.54, 1.807) is 19.2 Å². The van der Waals surface area contributed by atoms with E-state index < -0.39 is 5.92 Å². The number of ether oxygens (including phenoxy) is 1. The van der Waals surface area contributed by atoms with E-state index in [-0.39, 0.29) is 23.7 Å². The van der Waals surface area contributed by atoms with Crippen molar-refractivity contribution in [3.63, 3.8) is 0 Å². The van der Waals surface area contributed by atoms with Crippen LogP contribution in [0.4, 0.5) is 5.69 Å². The van der Waals surface area contributed by atoms with Crippen LogP contribution in [-0.4, -0.2) is 25.5 Å². The second-order valence-corrected chi connectivity index (χ2v) is 7.70. The lowest BCUT2D eigenvalue weighted by Crippen LogP contribution is -2.38. The Morgan fingerprint density at radius 2 is 2.00 bits per heavy atom. The summed E-state index contributed by atoms with van der Waals surface area (Å²) in [6, 6.07) is 13.2. The molecule has 27 heavy (non-hydrogen) atoms. The molecule has 0 saturated heterocycles. The van der Waals surface area contributed by atoms with Crippen molar-refractivity contribution in [3.05, 3.63) is 58.6 Å². The van der Waals surface area contributed by atoms with Crippen molar-refractivity contribution in [2.45, 2.75) is 30.6 Å². The van der Waals surface area contributed by atoms with Crippen molar-refractivity contribution < 1.29 is 14.3 Å².